The fourth-order valence-electron chi connectivity index (χ4n) is 3.32. The summed E-state index contributed by atoms with van der Waals surface area (Å²) in [5.74, 6) is 1.39. The van der Waals surface area contributed by atoms with Crippen molar-refractivity contribution >= 4 is 34.9 Å². The van der Waals surface area contributed by atoms with Gasteiger partial charge in [0.1, 0.15) is 0 Å². The smallest absolute Gasteiger partial charge is 0.233 e. The summed E-state index contributed by atoms with van der Waals surface area (Å²) in [6.07, 6.45) is 0. The average Bonchev–Trinajstić information content (AvgIpc) is 2.70. The number of nitrogens with zero attached hydrogens (tertiary/aromatic N) is 3. The Kier molecular flexibility index (Phi) is 5.80. The molecule has 0 aliphatic heterocycles. The number of nitrogens with one attached hydrogen (secondary N) is 3. The standard InChI is InChI=1S/C25H26N6/c1-16-7-5-9-20(14-16)26-23-29-24(27-21-10-6-8-17(2)15-21)31-25(30-23)28-22-12-11-18(3)13-19(22)4/h5-15H,1-4H3,(H3,26,27,28,29,30,31). The van der Waals surface area contributed by atoms with Gasteiger partial charge in [-0.15, -0.1) is 0 Å². The zero-order chi connectivity index (χ0) is 21.8. The highest BCUT2D eigenvalue weighted by molar-refractivity contribution is 5.64. The first-order valence-electron chi connectivity index (χ1n) is 10.2. The highest BCUT2D eigenvalue weighted by atomic mass is 15.3. The summed E-state index contributed by atoms with van der Waals surface area (Å²) in [4.78, 5) is 13.8. The van der Waals surface area contributed by atoms with Crippen LogP contribution in [0.15, 0.2) is 66.7 Å². The summed E-state index contributed by atoms with van der Waals surface area (Å²) >= 11 is 0. The maximum absolute atomic E-state index is 4.59. The normalized spacial score (nSPS) is 10.6. The van der Waals surface area contributed by atoms with E-state index in [9.17, 15) is 0 Å². The monoisotopic (exact) mass is 410 g/mol. The van der Waals surface area contributed by atoms with E-state index in [-0.39, 0.29) is 0 Å². The molecule has 0 bridgehead atoms. The minimum Gasteiger partial charge on any atom is -0.324 e. The molecule has 0 amide bonds. The van der Waals surface area contributed by atoms with Gasteiger partial charge >= 0.3 is 0 Å². The molecule has 6 heteroatoms. The van der Waals surface area contributed by atoms with Crippen LogP contribution in [0.25, 0.3) is 0 Å². The first-order valence-corrected chi connectivity index (χ1v) is 10.2. The molecule has 31 heavy (non-hydrogen) atoms. The molecule has 0 spiro atoms. The Hall–Kier alpha value is -3.93. The topological polar surface area (TPSA) is 74.8 Å². The fourth-order valence-corrected chi connectivity index (χ4v) is 3.32. The van der Waals surface area contributed by atoms with Gasteiger partial charge in [-0.1, -0.05) is 42.0 Å². The number of anilines is 6. The van der Waals surface area contributed by atoms with E-state index in [0.717, 1.165) is 33.8 Å². The van der Waals surface area contributed by atoms with Crippen LogP contribution in [0.3, 0.4) is 0 Å². The zero-order valence-corrected chi connectivity index (χ0v) is 18.2. The molecule has 0 unspecified atom stereocenters. The molecule has 4 rings (SSSR count). The van der Waals surface area contributed by atoms with Crippen LogP contribution in [0.2, 0.25) is 0 Å². The summed E-state index contributed by atoms with van der Waals surface area (Å²) < 4.78 is 0. The lowest BCUT2D eigenvalue weighted by Gasteiger charge is -2.13. The van der Waals surface area contributed by atoms with E-state index in [1.165, 1.54) is 5.56 Å². The van der Waals surface area contributed by atoms with Crippen LogP contribution in [0.5, 0.6) is 0 Å². The van der Waals surface area contributed by atoms with Crippen molar-refractivity contribution in [1.82, 2.24) is 15.0 Å². The molecule has 3 aromatic carbocycles. The molecule has 3 N–H and O–H groups in total. The predicted molar refractivity (Wildman–Crippen MR) is 128 cm³/mol. The molecular formula is C25H26N6. The maximum Gasteiger partial charge on any atom is 0.233 e. The number of benzene rings is 3. The number of hydrogen-bond donors (Lipinski definition) is 3. The Balaban J connectivity index is 1.68. The van der Waals surface area contributed by atoms with Crippen molar-refractivity contribution in [3.8, 4) is 0 Å². The highest BCUT2D eigenvalue weighted by Crippen LogP contribution is 2.23. The van der Waals surface area contributed by atoms with Crippen LogP contribution in [-0.4, -0.2) is 15.0 Å². The molecule has 0 atom stereocenters. The third-order valence-corrected chi connectivity index (χ3v) is 4.81. The predicted octanol–water partition coefficient (Wildman–Crippen LogP) is 6.34. The third kappa shape index (κ3) is 5.36. The van der Waals surface area contributed by atoms with E-state index in [1.54, 1.807) is 0 Å². The Labute approximate surface area is 182 Å². The Morgan fingerprint density at radius 2 is 1.00 bits per heavy atom. The minimum absolute atomic E-state index is 0.461. The Morgan fingerprint density at radius 1 is 0.516 bits per heavy atom. The van der Waals surface area contributed by atoms with Crippen LogP contribution in [0, 0.1) is 27.7 Å². The zero-order valence-electron chi connectivity index (χ0n) is 18.2. The average molecular weight is 411 g/mol. The highest BCUT2D eigenvalue weighted by Gasteiger charge is 2.10. The van der Waals surface area contributed by atoms with E-state index in [2.05, 4.69) is 95.0 Å². The lowest BCUT2D eigenvalue weighted by molar-refractivity contribution is 1.06. The fraction of sp³-hybridized carbons (Fsp3) is 0.160. The van der Waals surface area contributed by atoms with Gasteiger partial charge in [-0.3, -0.25) is 0 Å². The van der Waals surface area contributed by atoms with Crippen LogP contribution in [0.1, 0.15) is 22.3 Å². The molecule has 0 saturated heterocycles. The molecule has 1 aromatic heterocycles. The maximum atomic E-state index is 4.59. The molecule has 0 aliphatic rings. The summed E-state index contributed by atoms with van der Waals surface area (Å²) in [7, 11) is 0. The van der Waals surface area contributed by atoms with Crippen molar-refractivity contribution in [1.29, 1.82) is 0 Å². The van der Waals surface area contributed by atoms with Crippen LogP contribution >= 0.6 is 0 Å². The SMILES string of the molecule is Cc1cccc(Nc2nc(Nc3cccc(C)c3)nc(Nc3ccc(C)cc3C)n2)c1. The third-order valence-electron chi connectivity index (χ3n) is 4.81. The second kappa shape index (κ2) is 8.83. The number of hydrogen-bond acceptors (Lipinski definition) is 6. The molecule has 0 radical (unpaired) electrons. The molecule has 6 nitrogen and oxygen atoms in total. The lowest BCUT2D eigenvalue weighted by atomic mass is 10.1. The minimum atomic E-state index is 0.461. The quantitative estimate of drug-likeness (QED) is 0.345. The van der Waals surface area contributed by atoms with Gasteiger partial charge < -0.3 is 16.0 Å². The summed E-state index contributed by atoms with van der Waals surface area (Å²) in [6, 6.07) is 22.4. The van der Waals surface area contributed by atoms with Crippen LogP contribution in [-0.2, 0) is 0 Å². The van der Waals surface area contributed by atoms with E-state index in [1.807, 2.05) is 30.3 Å². The van der Waals surface area contributed by atoms with Gasteiger partial charge in [-0.05, 0) is 74.7 Å². The first kappa shape index (κ1) is 20.3. The molecule has 156 valence electrons. The van der Waals surface area contributed by atoms with E-state index < -0.39 is 0 Å². The van der Waals surface area contributed by atoms with Crippen molar-refractivity contribution in [2.24, 2.45) is 0 Å². The van der Waals surface area contributed by atoms with Gasteiger partial charge in [0.25, 0.3) is 0 Å². The number of aromatic nitrogens is 3. The van der Waals surface area contributed by atoms with Crippen molar-refractivity contribution in [2.45, 2.75) is 27.7 Å². The lowest BCUT2D eigenvalue weighted by Crippen LogP contribution is -2.08. The van der Waals surface area contributed by atoms with Crippen LogP contribution < -0.4 is 16.0 Å². The van der Waals surface area contributed by atoms with Gasteiger partial charge in [0.15, 0.2) is 0 Å². The van der Waals surface area contributed by atoms with Crippen molar-refractivity contribution in [3.63, 3.8) is 0 Å². The number of rotatable bonds is 6. The Morgan fingerprint density at radius 3 is 1.48 bits per heavy atom. The van der Waals surface area contributed by atoms with Crippen molar-refractivity contribution in [3.05, 3.63) is 89.0 Å². The molecule has 4 aromatic rings. The summed E-state index contributed by atoms with van der Waals surface area (Å²) in [5, 5.41) is 9.91. The van der Waals surface area contributed by atoms with Crippen LogP contribution in [0.4, 0.5) is 34.9 Å². The van der Waals surface area contributed by atoms with Gasteiger partial charge in [0.05, 0.1) is 0 Å². The van der Waals surface area contributed by atoms with E-state index >= 15 is 0 Å². The van der Waals surface area contributed by atoms with Gasteiger partial charge in [-0.2, -0.15) is 15.0 Å². The largest absolute Gasteiger partial charge is 0.324 e. The van der Waals surface area contributed by atoms with Crippen molar-refractivity contribution in [2.75, 3.05) is 16.0 Å². The second-order valence-electron chi connectivity index (χ2n) is 7.74. The van der Waals surface area contributed by atoms with Gasteiger partial charge in [-0.25, -0.2) is 0 Å². The van der Waals surface area contributed by atoms with Crippen molar-refractivity contribution < 1.29 is 0 Å². The molecular weight excluding hydrogens is 384 g/mol. The molecule has 0 saturated carbocycles. The molecule has 0 aliphatic carbocycles. The number of aryl methyl sites for hydroxylation is 4. The summed E-state index contributed by atoms with van der Waals surface area (Å²) in [6.45, 7) is 8.24. The van der Waals surface area contributed by atoms with E-state index in [0.29, 0.717) is 17.8 Å². The Bertz CT molecular complexity index is 1150. The molecule has 1 heterocycles. The van der Waals surface area contributed by atoms with Gasteiger partial charge in [0, 0.05) is 17.1 Å². The first-order chi connectivity index (χ1) is 14.9. The molecule has 0 fully saturated rings. The van der Waals surface area contributed by atoms with Gasteiger partial charge in [0.2, 0.25) is 17.8 Å². The van der Waals surface area contributed by atoms with E-state index in [4.69, 9.17) is 0 Å². The second-order valence-corrected chi connectivity index (χ2v) is 7.74. The summed E-state index contributed by atoms with van der Waals surface area (Å²) in [5.41, 5.74) is 7.45.